The Balaban J connectivity index is 1.21. The number of para-hydroxylation sites is 2. The molecule has 0 aliphatic rings. The van der Waals surface area contributed by atoms with E-state index in [-0.39, 0.29) is 0 Å². The first-order chi connectivity index (χ1) is 25.3. The molecule has 0 aliphatic heterocycles. The number of hydrogen-bond donors (Lipinski definition) is 0. The van der Waals surface area contributed by atoms with Crippen LogP contribution in [-0.4, -0.2) is 15.0 Å². The van der Waals surface area contributed by atoms with Gasteiger partial charge in [-0.1, -0.05) is 115 Å². The average Bonchev–Trinajstić information content (AvgIpc) is 3.89. The van der Waals surface area contributed by atoms with Crippen LogP contribution in [0.4, 0.5) is 0 Å². The lowest BCUT2D eigenvalue weighted by atomic mass is 9.97. The van der Waals surface area contributed by atoms with Crippen molar-refractivity contribution in [2.45, 2.75) is 0 Å². The smallest absolute Gasteiger partial charge is 0.164 e. The van der Waals surface area contributed by atoms with Gasteiger partial charge in [0.05, 0.1) is 0 Å². The molecule has 0 spiro atoms. The number of benzene rings is 7. The van der Waals surface area contributed by atoms with E-state index in [1.807, 2.05) is 84.1 Å². The molecule has 0 amide bonds. The van der Waals surface area contributed by atoms with Crippen molar-refractivity contribution in [3.63, 3.8) is 0 Å². The molecule has 4 aromatic heterocycles. The Labute approximate surface area is 295 Å². The van der Waals surface area contributed by atoms with Crippen molar-refractivity contribution in [3.8, 4) is 45.3 Å². The second-order valence-electron chi connectivity index (χ2n) is 12.7. The van der Waals surface area contributed by atoms with Crippen LogP contribution in [0.2, 0.25) is 0 Å². The molecule has 51 heavy (non-hydrogen) atoms. The monoisotopic (exact) mass is 671 g/mol. The summed E-state index contributed by atoms with van der Waals surface area (Å²) in [6.07, 6.45) is 0. The Bertz CT molecular complexity index is 3160. The minimum absolute atomic E-state index is 0.576. The number of aromatic nitrogens is 3. The molecule has 0 saturated heterocycles. The van der Waals surface area contributed by atoms with Crippen LogP contribution >= 0.6 is 11.3 Å². The SMILES string of the molecule is c1ccc(-c2nc(-c3cccc4oc5ccccc5c34)nc(-c3ccc(-c4cccc5c4sc4ccccc45)c4oc5ccccc5c34)n2)cc1. The average molecular weight is 672 g/mol. The van der Waals surface area contributed by atoms with Crippen molar-refractivity contribution >= 4 is 75.4 Å². The zero-order chi connectivity index (χ0) is 33.5. The van der Waals surface area contributed by atoms with Gasteiger partial charge in [0.25, 0.3) is 0 Å². The van der Waals surface area contributed by atoms with Crippen molar-refractivity contribution in [2.75, 3.05) is 0 Å². The molecule has 11 aromatic rings. The summed E-state index contributed by atoms with van der Waals surface area (Å²) in [6.45, 7) is 0. The minimum Gasteiger partial charge on any atom is -0.456 e. The maximum atomic E-state index is 6.77. The fraction of sp³-hybridized carbons (Fsp3) is 0. The number of thiophene rings is 1. The molecule has 4 heterocycles. The first kappa shape index (κ1) is 28.2. The van der Waals surface area contributed by atoms with Gasteiger partial charge in [0.15, 0.2) is 17.5 Å². The maximum absolute atomic E-state index is 6.77. The van der Waals surface area contributed by atoms with Crippen LogP contribution in [0.25, 0.3) is 109 Å². The van der Waals surface area contributed by atoms with E-state index in [0.717, 1.165) is 71.7 Å². The van der Waals surface area contributed by atoms with E-state index in [1.54, 1.807) is 0 Å². The topological polar surface area (TPSA) is 65.0 Å². The Morgan fingerprint density at radius 2 is 0.941 bits per heavy atom. The normalized spacial score (nSPS) is 11.9. The Morgan fingerprint density at radius 3 is 1.76 bits per heavy atom. The third kappa shape index (κ3) is 4.30. The summed E-state index contributed by atoms with van der Waals surface area (Å²) in [7, 11) is 0. The molecule has 0 saturated carbocycles. The van der Waals surface area contributed by atoms with E-state index < -0.39 is 0 Å². The highest BCUT2D eigenvalue weighted by molar-refractivity contribution is 7.26. The zero-order valence-corrected chi connectivity index (χ0v) is 27.8. The molecule has 0 fully saturated rings. The van der Waals surface area contributed by atoms with Gasteiger partial charge < -0.3 is 8.83 Å². The lowest BCUT2D eigenvalue weighted by Crippen LogP contribution is -2.01. The van der Waals surface area contributed by atoms with E-state index in [4.69, 9.17) is 23.8 Å². The first-order valence-electron chi connectivity index (χ1n) is 16.9. The van der Waals surface area contributed by atoms with Gasteiger partial charge in [0.1, 0.15) is 22.3 Å². The zero-order valence-electron chi connectivity index (χ0n) is 27.0. The molecular weight excluding hydrogens is 647 g/mol. The van der Waals surface area contributed by atoms with Crippen LogP contribution in [0, 0.1) is 0 Å². The van der Waals surface area contributed by atoms with Crippen molar-refractivity contribution in [1.29, 1.82) is 0 Å². The minimum atomic E-state index is 0.576. The molecule has 0 radical (unpaired) electrons. The summed E-state index contributed by atoms with van der Waals surface area (Å²) in [5.41, 5.74) is 8.10. The molecular formula is C45H25N3O2S. The number of furan rings is 2. The number of hydrogen-bond acceptors (Lipinski definition) is 6. The van der Waals surface area contributed by atoms with E-state index in [0.29, 0.717) is 17.5 Å². The standard InChI is InChI=1S/C45H25N3O2S/c1-2-12-26(13-3-1)43-46-44(33-19-11-22-37-39(33)31-15-4-7-20-35(31)49-37)48-45(47-43)34-25-24-28(41-40(34)32-16-5-8-21-36(32)50-41)30-18-10-17-29-27-14-6-9-23-38(27)51-42(29)30/h1-25H. The Hall–Kier alpha value is -6.63. The summed E-state index contributed by atoms with van der Waals surface area (Å²) in [4.78, 5) is 15.5. The number of fused-ring (bicyclic) bond motifs is 9. The summed E-state index contributed by atoms with van der Waals surface area (Å²) < 4.78 is 15.5. The second kappa shape index (κ2) is 10.9. The molecule has 11 rings (SSSR count). The van der Waals surface area contributed by atoms with E-state index in [2.05, 4.69) is 78.9 Å². The Kier molecular flexibility index (Phi) is 6.05. The molecule has 0 atom stereocenters. The van der Waals surface area contributed by atoms with E-state index >= 15 is 0 Å². The number of nitrogens with zero attached hydrogens (tertiary/aromatic N) is 3. The van der Waals surface area contributed by atoms with Crippen LogP contribution in [0.3, 0.4) is 0 Å². The molecule has 0 N–H and O–H groups in total. The molecule has 5 nitrogen and oxygen atoms in total. The van der Waals surface area contributed by atoms with Gasteiger partial charge in [-0.05, 0) is 36.4 Å². The summed E-state index contributed by atoms with van der Waals surface area (Å²) in [6, 6.07) is 51.9. The van der Waals surface area contributed by atoms with Gasteiger partial charge in [-0.2, -0.15) is 0 Å². The molecule has 7 aromatic carbocycles. The highest BCUT2D eigenvalue weighted by atomic mass is 32.1. The molecule has 238 valence electrons. The lowest BCUT2D eigenvalue weighted by Gasteiger charge is -2.11. The van der Waals surface area contributed by atoms with Crippen molar-refractivity contribution in [2.24, 2.45) is 0 Å². The summed E-state index contributed by atoms with van der Waals surface area (Å²) >= 11 is 1.82. The fourth-order valence-corrected chi connectivity index (χ4v) is 8.71. The molecule has 0 aliphatic carbocycles. The van der Waals surface area contributed by atoms with Crippen molar-refractivity contribution in [1.82, 2.24) is 15.0 Å². The van der Waals surface area contributed by atoms with Gasteiger partial charge >= 0.3 is 0 Å². The summed E-state index contributed by atoms with van der Waals surface area (Å²) in [5.74, 6) is 1.75. The van der Waals surface area contributed by atoms with Crippen molar-refractivity contribution < 1.29 is 8.83 Å². The quantitative estimate of drug-likeness (QED) is 0.186. The molecule has 0 bridgehead atoms. The van der Waals surface area contributed by atoms with Gasteiger partial charge in [-0.3, -0.25) is 0 Å². The predicted octanol–water partition coefficient (Wildman–Crippen LogP) is 12.7. The van der Waals surface area contributed by atoms with Gasteiger partial charge in [-0.25, -0.2) is 15.0 Å². The van der Waals surface area contributed by atoms with E-state index in [1.165, 1.54) is 20.2 Å². The highest BCUT2D eigenvalue weighted by Gasteiger charge is 2.23. The van der Waals surface area contributed by atoms with Crippen LogP contribution in [0.5, 0.6) is 0 Å². The van der Waals surface area contributed by atoms with Crippen LogP contribution < -0.4 is 0 Å². The van der Waals surface area contributed by atoms with Gasteiger partial charge in [0.2, 0.25) is 0 Å². The Morgan fingerprint density at radius 1 is 0.373 bits per heavy atom. The van der Waals surface area contributed by atoms with Crippen molar-refractivity contribution in [3.05, 3.63) is 152 Å². The molecule has 6 heteroatoms. The third-order valence-corrected chi connectivity index (χ3v) is 11.0. The third-order valence-electron chi connectivity index (χ3n) is 9.77. The summed E-state index contributed by atoms with van der Waals surface area (Å²) in [5, 5.41) is 6.51. The largest absolute Gasteiger partial charge is 0.456 e. The number of rotatable bonds is 4. The molecule has 0 unspecified atom stereocenters. The first-order valence-corrected chi connectivity index (χ1v) is 17.7. The fourth-order valence-electron chi connectivity index (χ4n) is 7.48. The maximum Gasteiger partial charge on any atom is 0.164 e. The van der Waals surface area contributed by atoms with Crippen LogP contribution in [0.1, 0.15) is 0 Å². The van der Waals surface area contributed by atoms with Crippen LogP contribution in [-0.2, 0) is 0 Å². The van der Waals surface area contributed by atoms with Gasteiger partial charge in [0, 0.05) is 69.5 Å². The second-order valence-corrected chi connectivity index (χ2v) is 13.7. The van der Waals surface area contributed by atoms with Crippen LogP contribution in [0.15, 0.2) is 160 Å². The lowest BCUT2D eigenvalue weighted by molar-refractivity contribution is 0.669. The predicted molar refractivity (Wildman–Crippen MR) is 209 cm³/mol. The van der Waals surface area contributed by atoms with E-state index in [9.17, 15) is 0 Å². The van der Waals surface area contributed by atoms with Gasteiger partial charge in [-0.15, -0.1) is 11.3 Å². The highest BCUT2D eigenvalue weighted by Crippen LogP contribution is 2.46.